The summed E-state index contributed by atoms with van der Waals surface area (Å²) in [5, 5.41) is 12.9. The summed E-state index contributed by atoms with van der Waals surface area (Å²) in [6, 6.07) is 0. The van der Waals surface area contributed by atoms with Crippen molar-refractivity contribution in [3.05, 3.63) is 17.8 Å². The molecule has 0 unspecified atom stereocenters. The lowest BCUT2D eigenvalue weighted by Gasteiger charge is -2.27. The average Bonchev–Trinajstić information content (AvgIpc) is 2.96. The number of nitrogens with one attached hydrogen (secondary N) is 1. The van der Waals surface area contributed by atoms with Crippen molar-refractivity contribution >= 4 is 0 Å². The van der Waals surface area contributed by atoms with Crippen molar-refractivity contribution in [1.29, 1.82) is 0 Å². The van der Waals surface area contributed by atoms with Crippen LogP contribution in [0.2, 0.25) is 0 Å². The summed E-state index contributed by atoms with van der Waals surface area (Å²) >= 11 is 0. The topological polar surface area (TPSA) is 58.3 Å². The van der Waals surface area contributed by atoms with Crippen molar-refractivity contribution in [2.75, 3.05) is 6.61 Å². The predicted octanol–water partition coefficient (Wildman–Crippen LogP) is 2.37. The highest BCUT2D eigenvalue weighted by Gasteiger charge is 2.32. The second-order valence-electron chi connectivity index (χ2n) is 6.37. The zero-order chi connectivity index (χ0) is 13.2. The van der Waals surface area contributed by atoms with E-state index in [-0.39, 0.29) is 17.6 Å². The molecule has 1 aliphatic carbocycles. The van der Waals surface area contributed by atoms with E-state index in [1.165, 1.54) is 12.8 Å². The zero-order valence-electron chi connectivity index (χ0n) is 11.6. The normalized spacial score (nSPS) is 19.3. The first-order valence-corrected chi connectivity index (χ1v) is 6.76. The van der Waals surface area contributed by atoms with Gasteiger partial charge in [0.1, 0.15) is 5.76 Å². The van der Waals surface area contributed by atoms with Gasteiger partial charge >= 0.3 is 0 Å². The minimum Gasteiger partial charge on any atom is -0.444 e. The van der Waals surface area contributed by atoms with Gasteiger partial charge in [-0.15, -0.1) is 0 Å². The molecule has 102 valence electrons. The highest BCUT2D eigenvalue weighted by atomic mass is 16.4. The summed E-state index contributed by atoms with van der Waals surface area (Å²) in [6.45, 7) is 7.11. The molecule has 2 N–H and O–H groups in total. The predicted molar refractivity (Wildman–Crippen MR) is 70.3 cm³/mol. The Kier molecular flexibility index (Phi) is 3.78. The molecule has 0 radical (unpaired) electrons. The number of aliphatic hydroxyl groups is 1. The molecular weight excluding hydrogens is 228 g/mol. The lowest BCUT2D eigenvalue weighted by molar-refractivity contribution is 0.159. The molecule has 4 nitrogen and oxygen atoms in total. The molecular formula is C14H24N2O2. The van der Waals surface area contributed by atoms with Gasteiger partial charge in [-0.3, -0.25) is 0 Å². The highest BCUT2D eigenvalue weighted by molar-refractivity contribution is 5.06. The fraction of sp³-hybridized carbons (Fsp3) is 0.786. The van der Waals surface area contributed by atoms with E-state index in [1.54, 1.807) is 6.20 Å². The van der Waals surface area contributed by atoms with Crippen LogP contribution in [-0.4, -0.2) is 22.2 Å². The molecule has 18 heavy (non-hydrogen) atoms. The summed E-state index contributed by atoms with van der Waals surface area (Å²) < 4.78 is 5.74. The second kappa shape index (κ2) is 5.02. The van der Waals surface area contributed by atoms with Gasteiger partial charge in [0.2, 0.25) is 5.89 Å². The van der Waals surface area contributed by atoms with Gasteiger partial charge in [-0.2, -0.15) is 0 Å². The first kappa shape index (κ1) is 13.6. The maximum absolute atomic E-state index is 9.52. The van der Waals surface area contributed by atoms with Crippen LogP contribution >= 0.6 is 0 Å². The van der Waals surface area contributed by atoms with Crippen LogP contribution in [0.15, 0.2) is 10.6 Å². The Labute approximate surface area is 109 Å². The second-order valence-corrected chi connectivity index (χ2v) is 6.37. The van der Waals surface area contributed by atoms with Crippen LogP contribution in [0.3, 0.4) is 0 Å². The van der Waals surface area contributed by atoms with Crippen LogP contribution in [0.5, 0.6) is 0 Å². The standard InChI is InChI=1S/C14H24N2O2/c1-13(2,3)11-8-15-12(18-11)9-16-14(10-17)6-4-5-7-14/h8,16-17H,4-7,9-10H2,1-3H3. The van der Waals surface area contributed by atoms with Crippen LogP contribution in [0, 0.1) is 0 Å². The number of aromatic nitrogens is 1. The van der Waals surface area contributed by atoms with Crippen LogP contribution in [0.1, 0.15) is 58.1 Å². The Bertz CT molecular complexity index is 387. The molecule has 2 rings (SSSR count). The van der Waals surface area contributed by atoms with Gasteiger partial charge < -0.3 is 14.8 Å². The van der Waals surface area contributed by atoms with Gasteiger partial charge in [0.25, 0.3) is 0 Å². The largest absolute Gasteiger partial charge is 0.444 e. The third-order valence-electron chi connectivity index (χ3n) is 3.77. The quantitative estimate of drug-likeness (QED) is 0.863. The Hall–Kier alpha value is -0.870. The summed E-state index contributed by atoms with van der Waals surface area (Å²) in [6.07, 6.45) is 6.25. The van der Waals surface area contributed by atoms with Crippen molar-refractivity contribution in [3.63, 3.8) is 0 Å². The van der Waals surface area contributed by atoms with Gasteiger partial charge in [-0.25, -0.2) is 4.98 Å². The van der Waals surface area contributed by atoms with E-state index >= 15 is 0 Å². The van der Waals surface area contributed by atoms with Crippen molar-refractivity contribution in [2.45, 2.75) is 64.0 Å². The molecule has 1 heterocycles. The van der Waals surface area contributed by atoms with Crippen molar-refractivity contribution in [1.82, 2.24) is 10.3 Å². The van der Waals surface area contributed by atoms with E-state index in [1.807, 2.05) is 0 Å². The first-order valence-electron chi connectivity index (χ1n) is 6.76. The zero-order valence-corrected chi connectivity index (χ0v) is 11.6. The number of oxazole rings is 1. The van der Waals surface area contributed by atoms with E-state index in [4.69, 9.17) is 4.42 Å². The Morgan fingerprint density at radius 2 is 2.06 bits per heavy atom. The molecule has 0 atom stereocenters. The molecule has 1 saturated carbocycles. The summed E-state index contributed by atoms with van der Waals surface area (Å²) in [4.78, 5) is 4.30. The van der Waals surface area contributed by atoms with Crippen LogP contribution < -0.4 is 5.32 Å². The van der Waals surface area contributed by atoms with E-state index in [0.717, 1.165) is 18.6 Å². The summed E-state index contributed by atoms with van der Waals surface area (Å²) in [5.41, 5.74) is -0.121. The minimum atomic E-state index is -0.115. The molecule has 1 fully saturated rings. The lowest BCUT2D eigenvalue weighted by Crippen LogP contribution is -2.45. The van der Waals surface area contributed by atoms with Gasteiger partial charge in [-0.1, -0.05) is 33.6 Å². The fourth-order valence-electron chi connectivity index (χ4n) is 2.44. The Balaban J connectivity index is 1.96. The number of nitrogens with zero attached hydrogens (tertiary/aromatic N) is 1. The SMILES string of the molecule is CC(C)(C)c1cnc(CNC2(CO)CCCC2)o1. The third-order valence-corrected chi connectivity index (χ3v) is 3.77. The van der Waals surface area contributed by atoms with Crippen LogP contribution in [0.4, 0.5) is 0 Å². The number of aliphatic hydroxyl groups excluding tert-OH is 1. The van der Waals surface area contributed by atoms with Crippen molar-refractivity contribution in [2.24, 2.45) is 0 Å². The van der Waals surface area contributed by atoms with Gasteiger partial charge in [-0.05, 0) is 12.8 Å². The first-order chi connectivity index (χ1) is 8.45. The van der Waals surface area contributed by atoms with Gasteiger partial charge in [0, 0.05) is 11.0 Å². The molecule has 0 spiro atoms. The van der Waals surface area contributed by atoms with E-state index in [2.05, 4.69) is 31.1 Å². The maximum Gasteiger partial charge on any atom is 0.208 e. The smallest absolute Gasteiger partial charge is 0.208 e. The summed E-state index contributed by atoms with van der Waals surface area (Å²) in [7, 11) is 0. The number of rotatable bonds is 4. The molecule has 1 aromatic heterocycles. The Morgan fingerprint density at radius 1 is 1.39 bits per heavy atom. The molecule has 0 aliphatic heterocycles. The third kappa shape index (κ3) is 2.93. The van der Waals surface area contributed by atoms with Gasteiger partial charge in [0.15, 0.2) is 0 Å². The summed E-state index contributed by atoms with van der Waals surface area (Å²) in [5.74, 6) is 1.61. The molecule has 0 amide bonds. The monoisotopic (exact) mass is 252 g/mol. The Morgan fingerprint density at radius 3 is 2.56 bits per heavy atom. The fourth-order valence-corrected chi connectivity index (χ4v) is 2.44. The van der Waals surface area contributed by atoms with E-state index in [0.29, 0.717) is 12.4 Å². The molecule has 0 aromatic carbocycles. The van der Waals surface area contributed by atoms with Crippen molar-refractivity contribution < 1.29 is 9.52 Å². The molecule has 1 aliphatic rings. The highest BCUT2D eigenvalue weighted by Crippen LogP contribution is 2.29. The molecule has 1 aromatic rings. The molecule has 4 heteroatoms. The number of hydrogen-bond acceptors (Lipinski definition) is 4. The van der Waals surface area contributed by atoms with Crippen LogP contribution in [-0.2, 0) is 12.0 Å². The maximum atomic E-state index is 9.52. The van der Waals surface area contributed by atoms with Gasteiger partial charge in [0.05, 0.1) is 19.3 Å². The minimum absolute atomic E-state index is 0.00667. The van der Waals surface area contributed by atoms with Crippen molar-refractivity contribution in [3.8, 4) is 0 Å². The molecule has 0 bridgehead atoms. The number of hydrogen-bond donors (Lipinski definition) is 2. The average molecular weight is 252 g/mol. The van der Waals surface area contributed by atoms with Crippen LogP contribution in [0.25, 0.3) is 0 Å². The van der Waals surface area contributed by atoms with E-state index < -0.39 is 0 Å². The molecule has 0 saturated heterocycles. The lowest BCUT2D eigenvalue weighted by atomic mass is 9.94. The van der Waals surface area contributed by atoms with E-state index in [9.17, 15) is 5.11 Å².